The third-order valence-electron chi connectivity index (χ3n) is 3.54. The molecule has 94 valence electrons. The number of aliphatic hydroxyl groups is 1. The number of fused-ring (bicyclic) bond motifs is 1. The molecule has 3 heteroatoms. The quantitative estimate of drug-likeness (QED) is 0.864. The molecule has 2 N–H and O–H groups in total. The Morgan fingerprint density at radius 3 is 2.94 bits per heavy atom. The standard InChI is InChI=1S/C15H18N2O/c18-10-9-17-11-14(12-5-7-16-8-6-12)13-3-1-2-4-15(13)17/h1-5,11,16,18H,6-10H2. The van der Waals surface area contributed by atoms with Gasteiger partial charge in [0.1, 0.15) is 0 Å². The van der Waals surface area contributed by atoms with E-state index in [1.807, 2.05) is 0 Å². The average Bonchev–Trinajstić information content (AvgIpc) is 2.80. The first-order valence-electron chi connectivity index (χ1n) is 6.49. The van der Waals surface area contributed by atoms with Gasteiger partial charge in [0.2, 0.25) is 0 Å². The largest absolute Gasteiger partial charge is 0.395 e. The molecule has 18 heavy (non-hydrogen) atoms. The minimum Gasteiger partial charge on any atom is -0.395 e. The molecule has 0 atom stereocenters. The Bertz CT molecular complexity index is 583. The molecule has 3 rings (SSSR count). The zero-order chi connectivity index (χ0) is 12.4. The molecule has 0 bridgehead atoms. The first-order chi connectivity index (χ1) is 8.90. The van der Waals surface area contributed by atoms with Crippen LogP contribution < -0.4 is 5.32 Å². The van der Waals surface area contributed by atoms with Crippen LogP contribution in [0.5, 0.6) is 0 Å². The van der Waals surface area contributed by atoms with E-state index in [9.17, 15) is 0 Å². The van der Waals surface area contributed by atoms with Crippen molar-refractivity contribution in [3.05, 3.63) is 42.1 Å². The van der Waals surface area contributed by atoms with Crippen molar-refractivity contribution in [1.29, 1.82) is 0 Å². The molecule has 2 heterocycles. The van der Waals surface area contributed by atoms with E-state index < -0.39 is 0 Å². The summed E-state index contributed by atoms with van der Waals surface area (Å²) in [6.45, 7) is 2.84. The Labute approximate surface area is 107 Å². The lowest BCUT2D eigenvalue weighted by atomic mass is 10.00. The molecular weight excluding hydrogens is 224 g/mol. The smallest absolute Gasteiger partial charge is 0.0610 e. The first-order valence-corrected chi connectivity index (χ1v) is 6.49. The fraction of sp³-hybridized carbons (Fsp3) is 0.333. The van der Waals surface area contributed by atoms with Crippen LogP contribution in [0.4, 0.5) is 0 Å². The van der Waals surface area contributed by atoms with E-state index in [4.69, 9.17) is 5.11 Å². The van der Waals surface area contributed by atoms with Crippen molar-refractivity contribution < 1.29 is 5.11 Å². The lowest BCUT2D eigenvalue weighted by Gasteiger charge is -2.13. The van der Waals surface area contributed by atoms with Crippen molar-refractivity contribution in [2.24, 2.45) is 0 Å². The molecule has 1 aliphatic heterocycles. The van der Waals surface area contributed by atoms with Crippen LogP contribution in [0.15, 0.2) is 36.5 Å². The lowest BCUT2D eigenvalue weighted by Crippen LogP contribution is -2.19. The molecule has 0 radical (unpaired) electrons. The predicted molar refractivity (Wildman–Crippen MR) is 74.5 cm³/mol. The second-order valence-corrected chi connectivity index (χ2v) is 4.66. The van der Waals surface area contributed by atoms with Crippen LogP contribution in [0.25, 0.3) is 16.5 Å². The minimum absolute atomic E-state index is 0.179. The molecular formula is C15H18N2O. The molecule has 0 amide bonds. The van der Waals surface area contributed by atoms with Gasteiger partial charge in [0.25, 0.3) is 0 Å². The maximum Gasteiger partial charge on any atom is 0.0610 e. The lowest BCUT2D eigenvalue weighted by molar-refractivity contribution is 0.278. The van der Waals surface area contributed by atoms with E-state index in [1.54, 1.807) is 0 Å². The van der Waals surface area contributed by atoms with Gasteiger partial charge in [0.15, 0.2) is 0 Å². The first kappa shape index (κ1) is 11.5. The zero-order valence-electron chi connectivity index (χ0n) is 10.4. The van der Waals surface area contributed by atoms with Gasteiger partial charge < -0.3 is 15.0 Å². The van der Waals surface area contributed by atoms with Crippen LogP contribution in [0.3, 0.4) is 0 Å². The Kier molecular flexibility index (Phi) is 3.17. The number of para-hydroxylation sites is 1. The summed E-state index contributed by atoms with van der Waals surface area (Å²) < 4.78 is 2.15. The fourth-order valence-corrected chi connectivity index (χ4v) is 2.66. The summed E-state index contributed by atoms with van der Waals surface area (Å²) >= 11 is 0. The van der Waals surface area contributed by atoms with Crippen molar-refractivity contribution in [1.82, 2.24) is 9.88 Å². The van der Waals surface area contributed by atoms with Gasteiger partial charge in [-0.1, -0.05) is 24.3 Å². The third-order valence-corrected chi connectivity index (χ3v) is 3.54. The highest BCUT2D eigenvalue weighted by Crippen LogP contribution is 2.29. The second-order valence-electron chi connectivity index (χ2n) is 4.66. The molecule has 3 nitrogen and oxygen atoms in total. The molecule has 1 aromatic carbocycles. The zero-order valence-corrected chi connectivity index (χ0v) is 10.4. The van der Waals surface area contributed by atoms with Crippen LogP contribution in [0, 0.1) is 0 Å². The van der Waals surface area contributed by atoms with Crippen LogP contribution >= 0.6 is 0 Å². The van der Waals surface area contributed by atoms with Crippen LogP contribution in [0.1, 0.15) is 12.0 Å². The second kappa shape index (κ2) is 4.96. The van der Waals surface area contributed by atoms with E-state index in [1.165, 1.54) is 22.0 Å². The maximum atomic E-state index is 9.15. The maximum absolute atomic E-state index is 9.15. The van der Waals surface area contributed by atoms with Crippen LogP contribution in [0.2, 0.25) is 0 Å². The Morgan fingerprint density at radius 2 is 2.17 bits per heavy atom. The summed E-state index contributed by atoms with van der Waals surface area (Å²) in [4.78, 5) is 0. The molecule has 1 aliphatic rings. The van der Waals surface area contributed by atoms with E-state index in [0.717, 1.165) is 19.5 Å². The molecule has 0 saturated heterocycles. The fourth-order valence-electron chi connectivity index (χ4n) is 2.66. The van der Waals surface area contributed by atoms with Crippen molar-refractivity contribution in [3.63, 3.8) is 0 Å². The van der Waals surface area contributed by atoms with Crippen molar-refractivity contribution >= 4 is 16.5 Å². The summed E-state index contributed by atoms with van der Waals surface area (Å²) in [7, 11) is 0. The normalized spacial score (nSPS) is 15.9. The molecule has 0 aliphatic carbocycles. The monoisotopic (exact) mass is 242 g/mol. The van der Waals surface area contributed by atoms with Crippen molar-refractivity contribution in [2.75, 3.05) is 19.7 Å². The summed E-state index contributed by atoms with van der Waals surface area (Å²) in [5, 5.41) is 13.8. The van der Waals surface area contributed by atoms with E-state index in [-0.39, 0.29) is 6.61 Å². The number of aliphatic hydroxyl groups excluding tert-OH is 1. The van der Waals surface area contributed by atoms with Gasteiger partial charge in [-0.15, -0.1) is 0 Å². The highest BCUT2D eigenvalue weighted by molar-refractivity contribution is 5.93. The van der Waals surface area contributed by atoms with E-state index in [2.05, 4.69) is 46.4 Å². The van der Waals surface area contributed by atoms with Crippen LogP contribution in [-0.4, -0.2) is 29.4 Å². The number of nitrogens with zero attached hydrogens (tertiary/aromatic N) is 1. The summed E-state index contributed by atoms with van der Waals surface area (Å²) in [5.74, 6) is 0. The highest BCUT2D eigenvalue weighted by atomic mass is 16.3. The van der Waals surface area contributed by atoms with Gasteiger partial charge in [-0.2, -0.15) is 0 Å². The molecule has 0 spiro atoms. The number of nitrogens with one attached hydrogen (secondary N) is 1. The summed E-state index contributed by atoms with van der Waals surface area (Å²) in [6, 6.07) is 8.42. The number of aromatic nitrogens is 1. The van der Waals surface area contributed by atoms with Gasteiger partial charge in [-0.3, -0.25) is 0 Å². The number of hydrogen-bond acceptors (Lipinski definition) is 2. The number of hydrogen-bond donors (Lipinski definition) is 2. The average molecular weight is 242 g/mol. The Morgan fingerprint density at radius 1 is 1.28 bits per heavy atom. The molecule has 1 aromatic heterocycles. The molecule has 0 fully saturated rings. The number of rotatable bonds is 3. The van der Waals surface area contributed by atoms with Gasteiger partial charge >= 0.3 is 0 Å². The summed E-state index contributed by atoms with van der Waals surface area (Å²) in [5.41, 5.74) is 3.95. The Balaban J connectivity index is 2.13. The van der Waals surface area contributed by atoms with E-state index >= 15 is 0 Å². The molecule has 0 unspecified atom stereocenters. The van der Waals surface area contributed by atoms with Gasteiger partial charge in [0, 0.05) is 35.8 Å². The highest BCUT2D eigenvalue weighted by Gasteiger charge is 2.13. The van der Waals surface area contributed by atoms with E-state index in [0.29, 0.717) is 6.54 Å². The Hall–Kier alpha value is -1.58. The van der Waals surface area contributed by atoms with Crippen molar-refractivity contribution in [2.45, 2.75) is 13.0 Å². The van der Waals surface area contributed by atoms with Crippen LogP contribution in [-0.2, 0) is 6.54 Å². The SMILES string of the molecule is OCCn1cc(C2=CCNCC2)c2ccccc21. The molecule has 2 aromatic rings. The van der Waals surface area contributed by atoms with Crippen molar-refractivity contribution in [3.8, 4) is 0 Å². The van der Waals surface area contributed by atoms with Gasteiger partial charge in [-0.25, -0.2) is 0 Å². The minimum atomic E-state index is 0.179. The number of benzene rings is 1. The van der Waals surface area contributed by atoms with Gasteiger partial charge in [-0.05, 0) is 24.6 Å². The topological polar surface area (TPSA) is 37.2 Å². The third kappa shape index (κ3) is 1.96. The predicted octanol–water partition coefficient (Wildman–Crippen LogP) is 2.01. The molecule has 0 saturated carbocycles. The summed E-state index contributed by atoms with van der Waals surface area (Å²) in [6.07, 6.45) is 5.53. The van der Waals surface area contributed by atoms with Gasteiger partial charge in [0.05, 0.1) is 6.61 Å².